The lowest BCUT2D eigenvalue weighted by atomic mass is 10.1. The van der Waals surface area contributed by atoms with Gasteiger partial charge in [-0.1, -0.05) is 18.2 Å². The fraction of sp³-hybridized carbons (Fsp3) is 0.263. The lowest BCUT2D eigenvalue weighted by Gasteiger charge is -2.10. The van der Waals surface area contributed by atoms with Gasteiger partial charge < -0.3 is 16.6 Å². The molecule has 4 rings (SSSR count). The van der Waals surface area contributed by atoms with Crippen LogP contribution in [-0.4, -0.2) is 42.9 Å². The van der Waals surface area contributed by atoms with Gasteiger partial charge in [-0.15, -0.1) is 17.5 Å². The monoisotopic (exact) mass is 400 g/mol. The molecule has 1 fully saturated rings. The van der Waals surface area contributed by atoms with E-state index in [4.69, 9.17) is 16.5 Å². The number of hydrogen-bond donors (Lipinski definition) is 3. The van der Waals surface area contributed by atoms with Gasteiger partial charge in [0, 0.05) is 29.3 Å². The summed E-state index contributed by atoms with van der Waals surface area (Å²) in [5.74, 6) is 1.39. The molecule has 3 atom stereocenters. The summed E-state index contributed by atoms with van der Waals surface area (Å²) < 4.78 is 1.70. The molecular weight excluding hydrogens is 380 g/mol. The molecule has 2 aromatic heterocycles. The van der Waals surface area contributed by atoms with E-state index in [1.807, 2.05) is 18.2 Å². The van der Waals surface area contributed by atoms with Crippen LogP contribution < -0.4 is 11.5 Å². The minimum absolute atomic E-state index is 0. The van der Waals surface area contributed by atoms with E-state index in [9.17, 15) is 9.90 Å². The first kappa shape index (κ1) is 19.9. The number of rotatable bonds is 4. The van der Waals surface area contributed by atoms with E-state index < -0.39 is 12.0 Å². The van der Waals surface area contributed by atoms with Crippen LogP contribution in [0.15, 0.2) is 48.7 Å². The summed E-state index contributed by atoms with van der Waals surface area (Å²) in [6.45, 7) is 0. The predicted octanol–water partition coefficient (Wildman–Crippen LogP) is 1.42. The molecule has 1 aromatic carbocycles. The molecule has 5 N–H and O–H groups in total. The van der Waals surface area contributed by atoms with Crippen LogP contribution >= 0.6 is 12.4 Å². The molecule has 8 nitrogen and oxygen atoms in total. The number of nitrogens with two attached hydrogens (primary N) is 2. The molecule has 3 aromatic rings. The molecule has 0 aliphatic heterocycles. The highest BCUT2D eigenvalue weighted by Crippen LogP contribution is 2.34. The summed E-state index contributed by atoms with van der Waals surface area (Å²) in [5.41, 5.74) is 12.5. The Morgan fingerprint density at radius 2 is 1.89 bits per heavy atom. The maximum Gasteiger partial charge on any atom is 0.248 e. The summed E-state index contributed by atoms with van der Waals surface area (Å²) >= 11 is 0. The standard InChI is InChI=1S/C19H20N6O2.ClH/c20-14-9-13(10-15(14)26)19-23-18(12-6-4-11(5-7-12)17(21)27)24-25(19)16-3-1-2-8-22-16;/h1-8,13-15,26H,9-10,20H2,(H2,21,27);1H/t13-,14+,15+;/m0./s1. The van der Waals surface area contributed by atoms with Crippen LogP contribution in [0.25, 0.3) is 17.2 Å². The Morgan fingerprint density at radius 3 is 2.46 bits per heavy atom. The van der Waals surface area contributed by atoms with Crippen LogP contribution in [0.2, 0.25) is 0 Å². The van der Waals surface area contributed by atoms with Crippen molar-refractivity contribution in [1.82, 2.24) is 19.7 Å². The summed E-state index contributed by atoms with van der Waals surface area (Å²) in [6, 6.07) is 12.1. The molecule has 1 aliphatic carbocycles. The molecule has 146 valence electrons. The Hall–Kier alpha value is -2.81. The number of halogens is 1. The SMILES string of the molecule is Cl.NC(=O)c1ccc(-c2nc([C@H]3C[C@@H](N)[C@H](O)C3)n(-c3ccccn3)n2)cc1. The maximum atomic E-state index is 11.3. The number of hydrogen-bond acceptors (Lipinski definition) is 6. The number of aliphatic hydroxyl groups excluding tert-OH is 1. The number of aromatic nitrogens is 4. The normalized spacial score (nSPS) is 21.3. The number of carbonyl (C=O) groups is 1. The molecule has 0 radical (unpaired) electrons. The molecule has 0 saturated heterocycles. The largest absolute Gasteiger partial charge is 0.391 e. The van der Waals surface area contributed by atoms with Gasteiger partial charge >= 0.3 is 0 Å². The van der Waals surface area contributed by atoms with Crippen molar-refractivity contribution in [3.05, 3.63) is 60.0 Å². The first-order valence-corrected chi connectivity index (χ1v) is 8.75. The van der Waals surface area contributed by atoms with Crippen molar-refractivity contribution >= 4 is 18.3 Å². The van der Waals surface area contributed by atoms with Crippen molar-refractivity contribution < 1.29 is 9.90 Å². The van der Waals surface area contributed by atoms with E-state index >= 15 is 0 Å². The first-order valence-electron chi connectivity index (χ1n) is 8.75. The van der Waals surface area contributed by atoms with Gasteiger partial charge in [-0.3, -0.25) is 4.79 Å². The number of benzene rings is 1. The van der Waals surface area contributed by atoms with Gasteiger partial charge in [-0.25, -0.2) is 9.97 Å². The van der Waals surface area contributed by atoms with E-state index in [0.717, 1.165) is 11.4 Å². The summed E-state index contributed by atoms with van der Waals surface area (Å²) in [4.78, 5) is 20.4. The van der Waals surface area contributed by atoms with E-state index in [1.54, 1.807) is 35.1 Å². The zero-order valence-electron chi connectivity index (χ0n) is 15.0. The molecule has 0 unspecified atom stereocenters. The maximum absolute atomic E-state index is 11.3. The number of pyridine rings is 1. The lowest BCUT2D eigenvalue weighted by Crippen LogP contribution is -2.28. The zero-order chi connectivity index (χ0) is 19.0. The van der Waals surface area contributed by atoms with Gasteiger partial charge in [0.2, 0.25) is 5.91 Å². The smallest absolute Gasteiger partial charge is 0.248 e. The van der Waals surface area contributed by atoms with Crippen LogP contribution in [0.3, 0.4) is 0 Å². The van der Waals surface area contributed by atoms with Gasteiger partial charge in [0.25, 0.3) is 0 Å². The van der Waals surface area contributed by atoms with Crippen molar-refractivity contribution in [3.63, 3.8) is 0 Å². The van der Waals surface area contributed by atoms with Gasteiger partial charge in [0.15, 0.2) is 11.6 Å². The molecule has 1 aliphatic rings. The average Bonchev–Trinajstić information content (AvgIpc) is 3.26. The molecule has 1 amide bonds. The predicted molar refractivity (Wildman–Crippen MR) is 106 cm³/mol. The number of aliphatic hydroxyl groups is 1. The van der Waals surface area contributed by atoms with Gasteiger partial charge in [0.1, 0.15) is 5.82 Å². The van der Waals surface area contributed by atoms with Crippen LogP contribution in [0.1, 0.15) is 34.9 Å². The number of nitrogens with zero attached hydrogens (tertiary/aromatic N) is 4. The second-order valence-electron chi connectivity index (χ2n) is 6.73. The van der Waals surface area contributed by atoms with E-state index in [0.29, 0.717) is 30.0 Å². The van der Waals surface area contributed by atoms with Crippen LogP contribution in [-0.2, 0) is 0 Å². The second-order valence-corrected chi connectivity index (χ2v) is 6.73. The molecule has 2 heterocycles. The van der Waals surface area contributed by atoms with E-state index in [-0.39, 0.29) is 24.4 Å². The average molecular weight is 401 g/mol. The van der Waals surface area contributed by atoms with E-state index in [2.05, 4.69) is 10.1 Å². The third kappa shape index (κ3) is 3.75. The van der Waals surface area contributed by atoms with Crippen LogP contribution in [0, 0.1) is 0 Å². The van der Waals surface area contributed by atoms with Crippen LogP contribution in [0.4, 0.5) is 0 Å². The van der Waals surface area contributed by atoms with Crippen molar-refractivity contribution in [1.29, 1.82) is 0 Å². The second kappa shape index (κ2) is 8.05. The van der Waals surface area contributed by atoms with Crippen LogP contribution in [0.5, 0.6) is 0 Å². The van der Waals surface area contributed by atoms with Crippen molar-refractivity contribution in [2.24, 2.45) is 11.5 Å². The first-order chi connectivity index (χ1) is 13.0. The Kier molecular flexibility index (Phi) is 5.73. The Morgan fingerprint density at radius 1 is 1.14 bits per heavy atom. The highest BCUT2D eigenvalue weighted by atomic mass is 35.5. The van der Waals surface area contributed by atoms with Gasteiger partial charge in [0.05, 0.1) is 6.10 Å². The minimum atomic E-state index is -0.554. The number of carbonyl (C=O) groups excluding carboxylic acids is 1. The molecule has 0 bridgehead atoms. The topological polar surface area (TPSA) is 133 Å². The third-order valence-corrected chi connectivity index (χ3v) is 4.87. The molecule has 0 spiro atoms. The zero-order valence-corrected chi connectivity index (χ0v) is 15.8. The molecule has 28 heavy (non-hydrogen) atoms. The van der Waals surface area contributed by atoms with Crippen molar-refractivity contribution in [2.75, 3.05) is 0 Å². The Balaban J connectivity index is 0.00000225. The van der Waals surface area contributed by atoms with Gasteiger partial charge in [-0.2, -0.15) is 4.68 Å². The fourth-order valence-corrected chi connectivity index (χ4v) is 3.40. The van der Waals surface area contributed by atoms with Gasteiger partial charge in [-0.05, 0) is 37.1 Å². The van der Waals surface area contributed by atoms with E-state index in [1.165, 1.54) is 0 Å². The molecule has 9 heteroatoms. The Bertz CT molecular complexity index is 950. The fourth-order valence-electron chi connectivity index (χ4n) is 3.40. The number of amides is 1. The molecule has 1 saturated carbocycles. The molecular formula is C19H21ClN6O2. The van der Waals surface area contributed by atoms with Crippen molar-refractivity contribution in [3.8, 4) is 17.2 Å². The lowest BCUT2D eigenvalue weighted by molar-refractivity contribution is 0.100. The quantitative estimate of drug-likeness (QED) is 0.606. The summed E-state index contributed by atoms with van der Waals surface area (Å²) in [7, 11) is 0. The highest BCUT2D eigenvalue weighted by Gasteiger charge is 2.35. The highest BCUT2D eigenvalue weighted by molar-refractivity contribution is 5.93. The third-order valence-electron chi connectivity index (χ3n) is 4.87. The Labute approximate surface area is 168 Å². The summed E-state index contributed by atoms with van der Waals surface area (Å²) in [5, 5.41) is 14.7. The summed E-state index contributed by atoms with van der Waals surface area (Å²) in [6.07, 6.45) is 2.30. The minimum Gasteiger partial charge on any atom is -0.391 e. The number of primary amides is 1. The van der Waals surface area contributed by atoms with Crippen molar-refractivity contribution in [2.45, 2.75) is 30.9 Å².